The van der Waals surface area contributed by atoms with Gasteiger partial charge < -0.3 is 9.88 Å². The summed E-state index contributed by atoms with van der Waals surface area (Å²) in [6.45, 7) is 2.33. The van der Waals surface area contributed by atoms with Crippen LogP contribution in [0.1, 0.15) is 28.2 Å². The molecule has 0 atom stereocenters. The van der Waals surface area contributed by atoms with Gasteiger partial charge in [0.2, 0.25) is 0 Å². The minimum absolute atomic E-state index is 0.0224. The van der Waals surface area contributed by atoms with Gasteiger partial charge in [0.25, 0.3) is 11.5 Å². The summed E-state index contributed by atoms with van der Waals surface area (Å²) in [6, 6.07) is 5.20. The molecule has 144 valence electrons. The zero-order valence-corrected chi connectivity index (χ0v) is 16.4. The van der Waals surface area contributed by atoms with E-state index in [4.69, 9.17) is 23.2 Å². The van der Waals surface area contributed by atoms with Gasteiger partial charge in [-0.2, -0.15) is 0 Å². The number of halogens is 2. The van der Waals surface area contributed by atoms with Crippen LogP contribution in [0.5, 0.6) is 0 Å². The number of carbonyl (C=O) groups is 1. The number of H-pyrrole nitrogens is 1. The number of hydrogen-bond donors (Lipinski definition) is 3. The molecule has 27 heavy (non-hydrogen) atoms. The number of aromatic amines is 1. The van der Waals surface area contributed by atoms with Gasteiger partial charge in [0, 0.05) is 49.3 Å². The van der Waals surface area contributed by atoms with Gasteiger partial charge in [-0.05, 0) is 30.0 Å². The van der Waals surface area contributed by atoms with E-state index in [2.05, 4.69) is 20.8 Å². The van der Waals surface area contributed by atoms with Crippen LogP contribution < -0.4 is 16.4 Å². The molecule has 0 unspecified atom stereocenters. The maximum absolute atomic E-state index is 12.5. The Hall–Kier alpha value is -1.93. The van der Waals surface area contributed by atoms with E-state index in [1.165, 1.54) is 6.20 Å². The molecule has 0 saturated carbocycles. The van der Waals surface area contributed by atoms with Crippen LogP contribution >= 0.6 is 23.2 Å². The lowest BCUT2D eigenvalue weighted by atomic mass is 10.1. The molecule has 9 heteroatoms. The van der Waals surface area contributed by atoms with Crippen molar-refractivity contribution in [3.05, 3.63) is 61.7 Å². The fourth-order valence-electron chi connectivity index (χ4n) is 2.94. The SMILES string of the molecule is CN(CCC1CNNC1)C(=O)c1cnc(Cc2c(Cl)cccc2Cl)[nH]c1=O. The number of hydrazine groups is 1. The van der Waals surface area contributed by atoms with E-state index in [0.29, 0.717) is 33.9 Å². The van der Waals surface area contributed by atoms with Gasteiger partial charge in [0.1, 0.15) is 11.4 Å². The molecular weight excluding hydrogens is 389 g/mol. The van der Waals surface area contributed by atoms with E-state index in [1.54, 1.807) is 30.1 Å². The molecule has 1 aromatic heterocycles. The maximum atomic E-state index is 12.5. The van der Waals surface area contributed by atoms with Gasteiger partial charge in [-0.3, -0.25) is 20.4 Å². The number of benzene rings is 1. The van der Waals surface area contributed by atoms with Crippen LogP contribution in [0.15, 0.2) is 29.2 Å². The third kappa shape index (κ3) is 4.87. The summed E-state index contributed by atoms with van der Waals surface area (Å²) in [5.41, 5.74) is 6.36. The van der Waals surface area contributed by atoms with E-state index in [-0.39, 0.29) is 17.9 Å². The summed E-state index contributed by atoms with van der Waals surface area (Å²) in [7, 11) is 1.69. The molecule has 3 N–H and O–H groups in total. The third-order valence-electron chi connectivity index (χ3n) is 4.61. The molecule has 1 amide bonds. The quantitative estimate of drug-likeness (QED) is 0.677. The van der Waals surface area contributed by atoms with E-state index >= 15 is 0 Å². The predicted octanol–water partition coefficient (Wildman–Crippen LogP) is 1.85. The van der Waals surface area contributed by atoms with Crippen LogP contribution in [-0.2, 0) is 6.42 Å². The Morgan fingerprint density at radius 3 is 2.56 bits per heavy atom. The Labute approximate surface area is 167 Å². The van der Waals surface area contributed by atoms with Crippen LogP contribution in [-0.4, -0.2) is 47.5 Å². The Bertz CT molecular complexity index is 860. The standard InChI is InChI=1S/C18H21Cl2N5O2/c1-25(6-5-11-8-22-23-9-11)18(27)13-10-21-16(24-17(13)26)7-12-14(19)3-2-4-15(12)20/h2-4,10-11,22-23H,5-9H2,1H3,(H,21,24,26). The van der Waals surface area contributed by atoms with Crippen molar-refractivity contribution >= 4 is 29.1 Å². The molecule has 0 bridgehead atoms. The first kappa shape index (κ1) is 19.8. The smallest absolute Gasteiger partial charge is 0.263 e. The number of nitrogens with zero attached hydrogens (tertiary/aromatic N) is 2. The van der Waals surface area contributed by atoms with Gasteiger partial charge in [-0.15, -0.1) is 0 Å². The molecule has 0 radical (unpaired) electrons. The minimum Gasteiger partial charge on any atom is -0.341 e. The summed E-state index contributed by atoms with van der Waals surface area (Å²) in [6.07, 6.45) is 2.45. The lowest BCUT2D eigenvalue weighted by Gasteiger charge is -2.18. The van der Waals surface area contributed by atoms with E-state index in [0.717, 1.165) is 19.5 Å². The van der Waals surface area contributed by atoms with Crippen molar-refractivity contribution in [3.8, 4) is 0 Å². The topological polar surface area (TPSA) is 90.1 Å². The number of nitrogens with one attached hydrogen (secondary N) is 3. The average Bonchev–Trinajstić information content (AvgIpc) is 3.16. The Balaban J connectivity index is 1.68. The summed E-state index contributed by atoms with van der Waals surface area (Å²) in [4.78, 5) is 33.3. The zero-order chi connectivity index (χ0) is 19.4. The van der Waals surface area contributed by atoms with Crippen molar-refractivity contribution in [3.63, 3.8) is 0 Å². The van der Waals surface area contributed by atoms with Gasteiger partial charge in [0.15, 0.2) is 0 Å². The molecule has 1 aromatic carbocycles. The number of aromatic nitrogens is 2. The second-order valence-electron chi connectivity index (χ2n) is 6.59. The Morgan fingerprint density at radius 2 is 1.93 bits per heavy atom. The van der Waals surface area contributed by atoms with Gasteiger partial charge in [-0.1, -0.05) is 29.3 Å². The minimum atomic E-state index is -0.468. The van der Waals surface area contributed by atoms with Crippen LogP contribution in [0, 0.1) is 5.92 Å². The molecule has 1 fully saturated rings. The van der Waals surface area contributed by atoms with Crippen LogP contribution in [0.4, 0.5) is 0 Å². The van der Waals surface area contributed by atoms with E-state index in [9.17, 15) is 9.59 Å². The fourth-order valence-corrected chi connectivity index (χ4v) is 3.47. The lowest BCUT2D eigenvalue weighted by molar-refractivity contribution is 0.0786. The van der Waals surface area contributed by atoms with Crippen molar-refractivity contribution in [1.82, 2.24) is 25.7 Å². The number of amides is 1. The second-order valence-corrected chi connectivity index (χ2v) is 7.41. The highest BCUT2D eigenvalue weighted by Crippen LogP contribution is 2.25. The highest BCUT2D eigenvalue weighted by atomic mass is 35.5. The zero-order valence-electron chi connectivity index (χ0n) is 14.9. The van der Waals surface area contributed by atoms with Crippen molar-refractivity contribution < 1.29 is 4.79 Å². The largest absolute Gasteiger partial charge is 0.341 e. The molecule has 1 aliphatic heterocycles. The third-order valence-corrected chi connectivity index (χ3v) is 5.32. The van der Waals surface area contributed by atoms with Crippen molar-refractivity contribution in [2.24, 2.45) is 5.92 Å². The lowest BCUT2D eigenvalue weighted by Crippen LogP contribution is -2.34. The molecule has 3 rings (SSSR count). The number of hydrogen-bond acceptors (Lipinski definition) is 5. The van der Waals surface area contributed by atoms with Crippen LogP contribution in [0.3, 0.4) is 0 Å². The summed E-state index contributed by atoms with van der Waals surface area (Å²) >= 11 is 12.3. The molecule has 1 saturated heterocycles. The van der Waals surface area contributed by atoms with Crippen molar-refractivity contribution in [2.45, 2.75) is 12.8 Å². The summed E-state index contributed by atoms with van der Waals surface area (Å²) in [5.74, 6) is 0.529. The number of rotatable bonds is 6. The first-order valence-corrected chi connectivity index (χ1v) is 9.43. The van der Waals surface area contributed by atoms with Crippen molar-refractivity contribution in [1.29, 1.82) is 0 Å². The highest BCUT2D eigenvalue weighted by Gasteiger charge is 2.20. The second kappa shape index (κ2) is 8.84. The number of carbonyl (C=O) groups excluding carboxylic acids is 1. The molecule has 1 aliphatic rings. The molecule has 2 aromatic rings. The molecule has 7 nitrogen and oxygen atoms in total. The van der Waals surface area contributed by atoms with Crippen molar-refractivity contribution in [2.75, 3.05) is 26.7 Å². The monoisotopic (exact) mass is 409 g/mol. The van der Waals surface area contributed by atoms with Gasteiger partial charge >= 0.3 is 0 Å². The first-order chi connectivity index (χ1) is 13.0. The molecular formula is C18H21Cl2N5O2. The normalized spacial score (nSPS) is 14.5. The van der Waals surface area contributed by atoms with Gasteiger partial charge in [-0.25, -0.2) is 4.98 Å². The summed E-state index contributed by atoms with van der Waals surface area (Å²) < 4.78 is 0. The van der Waals surface area contributed by atoms with Crippen LogP contribution in [0.25, 0.3) is 0 Å². The molecule has 0 spiro atoms. The average molecular weight is 410 g/mol. The Kier molecular flexibility index (Phi) is 6.49. The Morgan fingerprint density at radius 1 is 1.26 bits per heavy atom. The maximum Gasteiger partial charge on any atom is 0.263 e. The van der Waals surface area contributed by atoms with E-state index < -0.39 is 5.56 Å². The predicted molar refractivity (Wildman–Crippen MR) is 105 cm³/mol. The van der Waals surface area contributed by atoms with Gasteiger partial charge in [0.05, 0.1) is 0 Å². The molecule has 2 heterocycles. The highest BCUT2D eigenvalue weighted by molar-refractivity contribution is 6.36. The molecule has 0 aliphatic carbocycles. The fraction of sp³-hybridized carbons (Fsp3) is 0.389. The first-order valence-electron chi connectivity index (χ1n) is 8.68. The summed E-state index contributed by atoms with van der Waals surface area (Å²) in [5, 5.41) is 1.00. The van der Waals surface area contributed by atoms with E-state index in [1.807, 2.05) is 0 Å². The van der Waals surface area contributed by atoms with Crippen LogP contribution in [0.2, 0.25) is 10.0 Å².